The summed E-state index contributed by atoms with van der Waals surface area (Å²) < 4.78 is 36.0. The fraction of sp³-hybridized carbons (Fsp3) is 0.455. The van der Waals surface area contributed by atoms with Crippen LogP contribution < -0.4 is 5.73 Å². The number of alkyl halides is 3. The van der Waals surface area contributed by atoms with Crippen molar-refractivity contribution in [3.8, 4) is 5.75 Å². The number of rotatable bonds is 3. The van der Waals surface area contributed by atoms with Crippen LogP contribution in [0.15, 0.2) is 18.2 Å². The van der Waals surface area contributed by atoms with Gasteiger partial charge in [0.25, 0.3) is 0 Å². The van der Waals surface area contributed by atoms with Crippen LogP contribution in [-0.2, 0) is 0 Å². The fourth-order valence-corrected chi connectivity index (χ4v) is 1.45. The summed E-state index contributed by atoms with van der Waals surface area (Å²) in [6.45, 7) is 1.79. The lowest BCUT2D eigenvalue weighted by Gasteiger charge is -2.15. The van der Waals surface area contributed by atoms with Crippen molar-refractivity contribution in [1.29, 1.82) is 0 Å². The Hall–Kier alpha value is -1.23. The lowest BCUT2D eigenvalue weighted by Crippen LogP contribution is -2.16. The second-order valence-corrected chi connectivity index (χ2v) is 3.82. The van der Waals surface area contributed by atoms with E-state index in [0.717, 1.165) is 5.56 Å². The summed E-state index contributed by atoms with van der Waals surface area (Å²) in [5, 5.41) is 9.47. The molecule has 0 aromatic heterocycles. The first kappa shape index (κ1) is 12.8. The standard InChI is InChI=1S/C11H14F3NO/c1-7-2-3-10(16)8(6-7)9(15)4-5-11(12,13)14/h2-3,6,9,16H,4-5,15H2,1H3/t9-/m0/s1. The number of phenolic OH excluding ortho intramolecular Hbond substituents is 1. The molecule has 0 saturated heterocycles. The molecular formula is C11H14F3NO. The molecule has 16 heavy (non-hydrogen) atoms. The Kier molecular flexibility index (Phi) is 3.80. The molecule has 5 heteroatoms. The molecule has 0 amide bonds. The van der Waals surface area contributed by atoms with E-state index in [0.29, 0.717) is 5.56 Å². The number of nitrogens with two attached hydrogens (primary N) is 1. The van der Waals surface area contributed by atoms with Gasteiger partial charge in [0.05, 0.1) is 0 Å². The van der Waals surface area contributed by atoms with Crippen molar-refractivity contribution >= 4 is 0 Å². The van der Waals surface area contributed by atoms with Crippen molar-refractivity contribution in [1.82, 2.24) is 0 Å². The highest BCUT2D eigenvalue weighted by molar-refractivity contribution is 5.37. The first-order valence-corrected chi connectivity index (χ1v) is 4.91. The van der Waals surface area contributed by atoms with Crippen molar-refractivity contribution in [3.63, 3.8) is 0 Å². The lowest BCUT2D eigenvalue weighted by atomic mass is 10.00. The first-order chi connectivity index (χ1) is 7.29. The maximum atomic E-state index is 12.0. The van der Waals surface area contributed by atoms with Gasteiger partial charge in [0.2, 0.25) is 0 Å². The van der Waals surface area contributed by atoms with Crippen LogP contribution in [0.25, 0.3) is 0 Å². The van der Waals surface area contributed by atoms with Gasteiger partial charge in [-0.05, 0) is 19.4 Å². The minimum Gasteiger partial charge on any atom is -0.508 e. The molecule has 90 valence electrons. The Balaban J connectivity index is 2.73. The van der Waals surface area contributed by atoms with Crippen LogP contribution in [0.5, 0.6) is 5.75 Å². The van der Waals surface area contributed by atoms with Gasteiger partial charge in [0, 0.05) is 18.0 Å². The Labute approximate surface area is 91.9 Å². The predicted octanol–water partition coefficient (Wildman–Crippen LogP) is 3.04. The van der Waals surface area contributed by atoms with E-state index in [1.165, 1.54) is 6.07 Å². The van der Waals surface area contributed by atoms with Crippen molar-refractivity contribution in [2.75, 3.05) is 0 Å². The summed E-state index contributed by atoms with van der Waals surface area (Å²) in [5.41, 5.74) is 6.83. The summed E-state index contributed by atoms with van der Waals surface area (Å²) in [6, 6.07) is 3.94. The van der Waals surface area contributed by atoms with Crippen LogP contribution in [0.3, 0.4) is 0 Å². The average molecular weight is 233 g/mol. The van der Waals surface area contributed by atoms with E-state index >= 15 is 0 Å². The maximum absolute atomic E-state index is 12.0. The number of hydrogen-bond donors (Lipinski definition) is 2. The molecule has 0 radical (unpaired) electrons. The van der Waals surface area contributed by atoms with Crippen molar-refractivity contribution in [3.05, 3.63) is 29.3 Å². The molecule has 0 bridgehead atoms. The van der Waals surface area contributed by atoms with Gasteiger partial charge in [-0.25, -0.2) is 0 Å². The zero-order valence-corrected chi connectivity index (χ0v) is 8.88. The molecule has 1 atom stereocenters. The van der Waals surface area contributed by atoms with E-state index < -0.39 is 18.6 Å². The SMILES string of the molecule is Cc1ccc(O)c([C@@H](N)CCC(F)(F)F)c1. The molecule has 2 nitrogen and oxygen atoms in total. The monoisotopic (exact) mass is 233 g/mol. The zero-order chi connectivity index (χ0) is 12.3. The Bertz CT molecular complexity index is 363. The average Bonchev–Trinajstić information content (AvgIpc) is 2.17. The first-order valence-electron chi connectivity index (χ1n) is 4.91. The summed E-state index contributed by atoms with van der Waals surface area (Å²) in [5.74, 6) is -0.0553. The summed E-state index contributed by atoms with van der Waals surface area (Å²) in [4.78, 5) is 0. The van der Waals surface area contributed by atoms with Gasteiger partial charge < -0.3 is 10.8 Å². The minimum absolute atomic E-state index is 0.0553. The molecule has 1 aromatic rings. The molecule has 0 saturated carbocycles. The molecule has 1 aromatic carbocycles. The minimum atomic E-state index is -4.21. The largest absolute Gasteiger partial charge is 0.508 e. The Morgan fingerprint density at radius 1 is 1.38 bits per heavy atom. The van der Waals surface area contributed by atoms with E-state index in [4.69, 9.17) is 5.73 Å². The van der Waals surface area contributed by atoms with Gasteiger partial charge in [-0.3, -0.25) is 0 Å². The maximum Gasteiger partial charge on any atom is 0.389 e. The molecular weight excluding hydrogens is 219 g/mol. The second kappa shape index (κ2) is 4.74. The van der Waals surface area contributed by atoms with Crippen molar-refractivity contribution in [2.24, 2.45) is 5.73 Å². The van der Waals surface area contributed by atoms with Gasteiger partial charge in [-0.1, -0.05) is 17.7 Å². The van der Waals surface area contributed by atoms with Crippen molar-refractivity contribution < 1.29 is 18.3 Å². The van der Waals surface area contributed by atoms with E-state index in [1.54, 1.807) is 19.1 Å². The van der Waals surface area contributed by atoms with Crippen LogP contribution in [0, 0.1) is 6.92 Å². The molecule has 0 fully saturated rings. The van der Waals surface area contributed by atoms with Gasteiger partial charge in [-0.2, -0.15) is 13.2 Å². The zero-order valence-electron chi connectivity index (χ0n) is 8.88. The molecule has 0 aliphatic rings. The summed E-state index contributed by atoms with van der Waals surface area (Å²) >= 11 is 0. The van der Waals surface area contributed by atoms with Gasteiger partial charge in [0.15, 0.2) is 0 Å². The Morgan fingerprint density at radius 2 is 2.00 bits per heavy atom. The molecule has 0 unspecified atom stereocenters. The van der Waals surface area contributed by atoms with E-state index in [9.17, 15) is 18.3 Å². The topological polar surface area (TPSA) is 46.2 Å². The second-order valence-electron chi connectivity index (χ2n) is 3.82. The van der Waals surface area contributed by atoms with E-state index in [-0.39, 0.29) is 12.2 Å². The van der Waals surface area contributed by atoms with Crippen LogP contribution in [0.4, 0.5) is 13.2 Å². The van der Waals surface area contributed by atoms with Crippen LogP contribution >= 0.6 is 0 Å². The highest BCUT2D eigenvalue weighted by Crippen LogP contribution is 2.30. The highest BCUT2D eigenvalue weighted by atomic mass is 19.4. The number of halogens is 3. The smallest absolute Gasteiger partial charge is 0.389 e. The highest BCUT2D eigenvalue weighted by Gasteiger charge is 2.28. The molecule has 3 N–H and O–H groups in total. The number of hydrogen-bond acceptors (Lipinski definition) is 2. The van der Waals surface area contributed by atoms with Crippen LogP contribution in [0.2, 0.25) is 0 Å². The third kappa shape index (κ3) is 3.73. The van der Waals surface area contributed by atoms with Gasteiger partial charge >= 0.3 is 6.18 Å². The molecule has 0 spiro atoms. The number of aromatic hydroxyl groups is 1. The van der Waals surface area contributed by atoms with E-state index in [2.05, 4.69) is 0 Å². The molecule has 0 aliphatic carbocycles. The number of aryl methyl sites for hydroxylation is 1. The summed E-state index contributed by atoms with van der Waals surface area (Å²) in [7, 11) is 0. The molecule has 0 aliphatic heterocycles. The quantitative estimate of drug-likeness (QED) is 0.842. The van der Waals surface area contributed by atoms with Crippen LogP contribution in [-0.4, -0.2) is 11.3 Å². The third-order valence-electron chi connectivity index (χ3n) is 2.32. The Morgan fingerprint density at radius 3 is 2.56 bits per heavy atom. The molecule has 0 heterocycles. The van der Waals surface area contributed by atoms with Gasteiger partial charge in [0.1, 0.15) is 5.75 Å². The van der Waals surface area contributed by atoms with Gasteiger partial charge in [-0.15, -0.1) is 0 Å². The summed E-state index contributed by atoms with van der Waals surface area (Å²) in [6.07, 6.45) is -5.38. The predicted molar refractivity (Wildman–Crippen MR) is 55.1 cm³/mol. The third-order valence-corrected chi connectivity index (χ3v) is 2.32. The number of phenols is 1. The van der Waals surface area contributed by atoms with Crippen molar-refractivity contribution in [2.45, 2.75) is 32.0 Å². The lowest BCUT2D eigenvalue weighted by molar-refractivity contribution is -0.136. The normalized spacial score (nSPS) is 13.8. The fourth-order valence-electron chi connectivity index (χ4n) is 1.45. The molecule has 1 rings (SSSR count). The number of benzene rings is 1. The van der Waals surface area contributed by atoms with Crippen LogP contribution in [0.1, 0.15) is 30.0 Å². The van der Waals surface area contributed by atoms with E-state index in [1.807, 2.05) is 0 Å².